The van der Waals surface area contributed by atoms with E-state index in [1.165, 1.54) is 18.2 Å². The molecule has 3 aromatic rings. The van der Waals surface area contributed by atoms with Crippen LogP contribution >= 0.6 is 0 Å². The average molecular weight is 525 g/mol. The van der Waals surface area contributed by atoms with Crippen LogP contribution in [0.5, 0.6) is 11.5 Å². The Morgan fingerprint density at radius 2 is 1.79 bits per heavy atom. The number of nitrogens with one attached hydrogen (secondary N) is 2. The number of aliphatic hydroxyl groups excluding tert-OH is 1. The molecule has 1 aliphatic heterocycles. The molecule has 0 radical (unpaired) electrons. The van der Waals surface area contributed by atoms with E-state index in [4.69, 9.17) is 9.47 Å². The molecule has 0 saturated carbocycles. The average Bonchev–Trinajstić information content (AvgIpc) is 2.91. The van der Waals surface area contributed by atoms with Crippen LogP contribution in [0, 0.1) is 0 Å². The molecular weight excluding hydrogens is 497 g/mol. The third-order valence-corrected chi connectivity index (χ3v) is 5.77. The van der Waals surface area contributed by atoms with Gasteiger partial charge in [0.1, 0.15) is 17.6 Å². The molecular formula is C29H27F3N2O4. The highest BCUT2D eigenvalue weighted by molar-refractivity contribution is 6.00. The second-order valence-corrected chi connectivity index (χ2v) is 8.48. The summed E-state index contributed by atoms with van der Waals surface area (Å²) < 4.78 is 50.3. The molecule has 38 heavy (non-hydrogen) atoms. The highest BCUT2D eigenvalue weighted by atomic mass is 19.4. The number of ether oxygens (including phenoxy) is 2. The molecule has 0 aliphatic carbocycles. The molecule has 1 heterocycles. The van der Waals surface area contributed by atoms with Gasteiger partial charge in [0.25, 0.3) is 0 Å². The maximum absolute atomic E-state index is 13.1. The Morgan fingerprint density at radius 3 is 2.42 bits per heavy atom. The maximum atomic E-state index is 13.1. The third kappa shape index (κ3) is 6.74. The first-order valence-electron chi connectivity index (χ1n) is 12.0. The molecule has 9 heteroatoms. The summed E-state index contributed by atoms with van der Waals surface area (Å²) in [5, 5.41) is 15.2. The van der Waals surface area contributed by atoms with Crippen molar-refractivity contribution in [3.8, 4) is 11.5 Å². The maximum Gasteiger partial charge on any atom is 0.416 e. The van der Waals surface area contributed by atoms with Crippen LogP contribution in [0.3, 0.4) is 0 Å². The van der Waals surface area contributed by atoms with Gasteiger partial charge in [0.2, 0.25) is 5.91 Å². The van der Waals surface area contributed by atoms with Crippen molar-refractivity contribution in [1.82, 2.24) is 0 Å². The number of halogens is 3. The van der Waals surface area contributed by atoms with Crippen LogP contribution < -0.4 is 20.1 Å². The van der Waals surface area contributed by atoms with E-state index >= 15 is 0 Å². The van der Waals surface area contributed by atoms with E-state index in [0.717, 1.165) is 17.7 Å². The number of anilines is 2. The lowest BCUT2D eigenvalue weighted by molar-refractivity contribution is -0.137. The Kier molecular flexibility index (Phi) is 8.38. The van der Waals surface area contributed by atoms with Gasteiger partial charge in [0.15, 0.2) is 0 Å². The van der Waals surface area contributed by atoms with Gasteiger partial charge in [0, 0.05) is 11.8 Å². The van der Waals surface area contributed by atoms with Crippen molar-refractivity contribution >= 4 is 22.9 Å². The second-order valence-electron chi connectivity index (χ2n) is 8.48. The molecule has 1 aliphatic rings. The lowest BCUT2D eigenvalue weighted by Gasteiger charge is -2.26. The van der Waals surface area contributed by atoms with E-state index in [1.807, 2.05) is 19.1 Å². The summed E-state index contributed by atoms with van der Waals surface area (Å²) in [7, 11) is 0. The highest BCUT2D eigenvalue weighted by Crippen LogP contribution is 2.33. The fraction of sp³-hybridized carbons (Fsp3) is 0.207. The molecule has 3 N–H and O–H groups in total. The Balaban J connectivity index is 1.53. The SMILES string of the molecule is CCOc1ccc(/C(=C\C=C\C(=O)Nc2ccc3c(c2)NCC(CO)O3)c2ccc(C(F)(F)F)cc2)cc1. The smallest absolute Gasteiger partial charge is 0.416 e. The minimum atomic E-state index is -4.43. The third-order valence-electron chi connectivity index (χ3n) is 5.77. The first-order chi connectivity index (χ1) is 18.3. The molecule has 1 amide bonds. The molecule has 3 aromatic carbocycles. The zero-order valence-electron chi connectivity index (χ0n) is 20.6. The van der Waals surface area contributed by atoms with Crippen LogP contribution in [0.2, 0.25) is 0 Å². The lowest BCUT2D eigenvalue weighted by atomic mass is 9.96. The van der Waals surface area contributed by atoms with Gasteiger partial charge >= 0.3 is 6.18 Å². The highest BCUT2D eigenvalue weighted by Gasteiger charge is 2.30. The number of hydrogen-bond acceptors (Lipinski definition) is 5. The molecule has 0 aromatic heterocycles. The molecule has 0 spiro atoms. The lowest BCUT2D eigenvalue weighted by Crippen LogP contribution is -2.33. The zero-order valence-corrected chi connectivity index (χ0v) is 20.6. The van der Waals surface area contributed by atoms with Gasteiger partial charge in [-0.1, -0.05) is 36.4 Å². The Morgan fingerprint density at radius 1 is 1.11 bits per heavy atom. The van der Waals surface area contributed by atoms with Gasteiger partial charge < -0.3 is 25.2 Å². The number of amides is 1. The standard InChI is InChI=1S/C29H27F3N2O4/c1-2-37-23-13-8-20(9-14-23)25(19-6-10-21(11-7-19)29(30,31)32)4-3-5-28(36)34-22-12-15-27-26(16-22)33-17-24(18-35)38-27/h3-16,24,33,35H,2,17-18H2,1H3,(H,34,36)/b5-3+,25-4-. The van der Waals surface area contributed by atoms with Crippen LogP contribution in [0.15, 0.2) is 85.0 Å². The van der Waals surface area contributed by atoms with Crippen molar-refractivity contribution < 1.29 is 32.5 Å². The van der Waals surface area contributed by atoms with E-state index < -0.39 is 11.7 Å². The van der Waals surface area contributed by atoms with Gasteiger partial charge in [-0.25, -0.2) is 0 Å². The van der Waals surface area contributed by atoms with E-state index in [0.29, 0.717) is 47.2 Å². The molecule has 0 saturated heterocycles. The number of rotatable bonds is 8. The van der Waals surface area contributed by atoms with Crippen LogP contribution in [0.1, 0.15) is 23.6 Å². The molecule has 1 unspecified atom stereocenters. The van der Waals surface area contributed by atoms with Gasteiger partial charge in [-0.3, -0.25) is 4.79 Å². The molecule has 1 atom stereocenters. The van der Waals surface area contributed by atoms with Crippen molar-refractivity contribution in [3.63, 3.8) is 0 Å². The van der Waals surface area contributed by atoms with E-state index in [1.54, 1.807) is 42.5 Å². The number of allylic oxidation sites excluding steroid dienone is 2. The molecule has 4 rings (SSSR count). The van der Waals surface area contributed by atoms with E-state index in [9.17, 15) is 23.1 Å². The zero-order chi connectivity index (χ0) is 27.1. The van der Waals surface area contributed by atoms with Crippen LogP contribution in [0.25, 0.3) is 5.57 Å². The second kappa shape index (κ2) is 11.9. The first-order valence-corrected chi connectivity index (χ1v) is 12.0. The largest absolute Gasteiger partial charge is 0.494 e. The van der Waals surface area contributed by atoms with Crippen LogP contribution in [-0.4, -0.2) is 36.9 Å². The summed E-state index contributed by atoms with van der Waals surface area (Å²) >= 11 is 0. The summed E-state index contributed by atoms with van der Waals surface area (Å²) in [6, 6.07) is 17.2. The van der Waals surface area contributed by atoms with E-state index in [2.05, 4.69) is 10.6 Å². The van der Waals surface area contributed by atoms with Crippen molar-refractivity contribution in [2.24, 2.45) is 0 Å². The van der Waals surface area contributed by atoms with Crippen molar-refractivity contribution in [1.29, 1.82) is 0 Å². The topological polar surface area (TPSA) is 79.8 Å². The fourth-order valence-corrected chi connectivity index (χ4v) is 3.91. The fourth-order valence-electron chi connectivity index (χ4n) is 3.91. The van der Waals surface area contributed by atoms with E-state index in [-0.39, 0.29) is 18.6 Å². The number of hydrogen-bond donors (Lipinski definition) is 3. The summed E-state index contributed by atoms with van der Waals surface area (Å²) in [5.41, 5.74) is 2.47. The minimum absolute atomic E-state index is 0.103. The Hall–Kier alpha value is -4.24. The molecule has 6 nitrogen and oxygen atoms in total. The first kappa shape index (κ1) is 26.8. The van der Waals surface area contributed by atoms with Gasteiger partial charge in [-0.15, -0.1) is 0 Å². The predicted octanol–water partition coefficient (Wildman–Crippen LogP) is 5.90. The van der Waals surface area contributed by atoms with Gasteiger partial charge in [-0.05, 0) is 66.1 Å². The number of alkyl halides is 3. The monoisotopic (exact) mass is 524 g/mol. The summed E-state index contributed by atoms with van der Waals surface area (Å²) in [6.45, 7) is 2.73. The summed E-state index contributed by atoms with van der Waals surface area (Å²) in [5.74, 6) is 0.877. The number of fused-ring (bicyclic) bond motifs is 1. The van der Waals surface area contributed by atoms with Crippen LogP contribution in [0.4, 0.5) is 24.5 Å². The quantitative estimate of drug-likeness (QED) is 0.253. The Labute approximate surface area is 218 Å². The van der Waals surface area contributed by atoms with Gasteiger partial charge in [0.05, 0.1) is 31.0 Å². The number of aliphatic hydroxyl groups is 1. The Bertz CT molecular complexity index is 1320. The predicted molar refractivity (Wildman–Crippen MR) is 140 cm³/mol. The summed E-state index contributed by atoms with van der Waals surface area (Å²) in [6.07, 6.45) is -0.200. The van der Waals surface area contributed by atoms with Crippen molar-refractivity contribution in [2.45, 2.75) is 19.2 Å². The molecule has 198 valence electrons. The molecule has 0 bridgehead atoms. The van der Waals surface area contributed by atoms with Gasteiger partial charge in [-0.2, -0.15) is 13.2 Å². The normalized spacial score (nSPS) is 15.4. The minimum Gasteiger partial charge on any atom is -0.494 e. The summed E-state index contributed by atoms with van der Waals surface area (Å²) in [4.78, 5) is 12.6. The number of benzene rings is 3. The molecule has 0 fully saturated rings. The van der Waals surface area contributed by atoms with Crippen molar-refractivity contribution in [3.05, 3.63) is 102 Å². The van der Waals surface area contributed by atoms with Crippen LogP contribution in [-0.2, 0) is 11.0 Å². The van der Waals surface area contributed by atoms with Crippen molar-refractivity contribution in [2.75, 3.05) is 30.4 Å². The number of carbonyl (C=O) groups is 1. The number of carbonyl (C=O) groups excluding carboxylic acids is 1.